The molecule has 260 valence electrons. The molecule has 48 heavy (non-hydrogen) atoms. The van der Waals surface area contributed by atoms with E-state index in [4.69, 9.17) is 23.7 Å². The summed E-state index contributed by atoms with van der Waals surface area (Å²) in [5, 5.41) is 1.64. The molecule has 4 rings (SSSR count). The van der Waals surface area contributed by atoms with Gasteiger partial charge >= 0.3 is 12.2 Å². The second kappa shape index (κ2) is 17.6. The molecule has 0 saturated carbocycles. The number of likely N-dealkylation sites (N-methyl/N-ethyl adjacent to an activating group) is 2. The standard InChI is InChI=1S/C37H50N3O8/c1-26(41)14-12-10-8-7-9-11-13-21-47-36(42)38(2)19-20-39(3)37(43)48-35-30-25-40-18-17-28-23-33(45-5)34(46-6)24-29(28)31(40)22-27(30)15-16-32(35)44-4/h15-16,22-25H,7-14,17-21H2,1-6H3/q+1. The van der Waals surface area contributed by atoms with E-state index in [0.717, 1.165) is 79.9 Å². The van der Waals surface area contributed by atoms with Gasteiger partial charge in [0.2, 0.25) is 5.69 Å². The van der Waals surface area contributed by atoms with Crippen LogP contribution in [0.2, 0.25) is 0 Å². The third-order valence-electron chi connectivity index (χ3n) is 8.79. The number of methoxy groups -OCH3 is 3. The first-order valence-electron chi connectivity index (χ1n) is 16.8. The van der Waals surface area contributed by atoms with Gasteiger partial charge in [0.1, 0.15) is 5.78 Å². The molecule has 3 aromatic rings. The average molecular weight is 665 g/mol. The molecule has 11 heteroatoms. The first-order chi connectivity index (χ1) is 23.2. The van der Waals surface area contributed by atoms with Gasteiger partial charge in [0.05, 0.1) is 38.9 Å². The fraction of sp³-hybridized carbons (Fsp3) is 0.514. The van der Waals surface area contributed by atoms with Crippen LogP contribution in [0, 0.1) is 0 Å². The van der Waals surface area contributed by atoms with Gasteiger partial charge in [0, 0.05) is 46.1 Å². The summed E-state index contributed by atoms with van der Waals surface area (Å²) in [6.45, 7) is 3.28. The number of pyridine rings is 1. The van der Waals surface area contributed by atoms with Gasteiger partial charge in [-0.3, -0.25) is 0 Å². The van der Waals surface area contributed by atoms with E-state index in [1.807, 2.05) is 24.4 Å². The largest absolute Gasteiger partial charge is 0.493 e. The van der Waals surface area contributed by atoms with Crippen molar-refractivity contribution in [2.24, 2.45) is 0 Å². The summed E-state index contributed by atoms with van der Waals surface area (Å²) in [4.78, 5) is 39.6. The van der Waals surface area contributed by atoms with Gasteiger partial charge in [-0.05, 0) is 55.0 Å². The highest BCUT2D eigenvalue weighted by atomic mass is 16.6. The van der Waals surface area contributed by atoms with E-state index >= 15 is 0 Å². The maximum Gasteiger partial charge on any atom is 0.415 e. The monoisotopic (exact) mass is 664 g/mol. The summed E-state index contributed by atoms with van der Waals surface area (Å²) in [6.07, 6.45) is 9.68. The fourth-order valence-corrected chi connectivity index (χ4v) is 5.88. The maximum atomic E-state index is 13.2. The van der Waals surface area contributed by atoms with E-state index < -0.39 is 12.2 Å². The Labute approximate surface area is 283 Å². The number of hydrogen-bond donors (Lipinski definition) is 0. The van der Waals surface area contributed by atoms with Crippen molar-refractivity contribution in [3.05, 3.63) is 42.1 Å². The zero-order valence-corrected chi connectivity index (χ0v) is 29.3. The van der Waals surface area contributed by atoms with E-state index in [1.165, 1.54) is 15.4 Å². The van der Waals surface area contributed by atoms with Crippen LogP contribution in [0.5, 0.6) is 23.0 Å². The highest BCUT2D eigenvalue weighted by Gasteiger charge is 2.28. The van der Waals surface area contributed by atoms with Crippen LogP contribution in [0.3, 0.4) is 0 Å². The van der Waals surface area contributed by atoms with E-state index in [-0.39, 0.29) is 18.9 Å². The van der Waals surface area contributed by atoms with Crippen LogP contribution in [0.4, 0.5) is 9.59 Å². The minimum Gasteiger partial charge on any atom is -0.493 e. The fourth-order valence-electron chi connectivity index (χ4n) is 5.88. The van der Waals surface area contributed by atoms with Crippen LogP contribution in [0.25, 0.3) is 22.0 Å². The van der Waals surface area contributed by atoms with Crippen molar-refractivity contribution in [2.45, 2.75) is 71.3 Å². The van der Waals surface area contributed by atoms with Crippen LogP contribution in [-0.4, -0.2) is 82.9 Å². The van der Waals surface area contributed by atoms with E-state index in [1.54, 1.807) is 48.4 Å². The van der Waals surface area contributed by atoms with Crippen LogP contribution < -0.4 is 23.5 Å². The molecule has 0 N–H and O–H groups in total. The molecular weight excluding hydrogens is 614 g/mol. The number of carbonyl (C=O) groups is 3. The van der Waals surface area contributed by atoms with Gasteiger partial charge in [0.25, 0.3) is 0 Å². The summed E-state index contributed by atoms with van der Waals surface area (Å²) in [5.74, 6) is 2.40. The van der Waals surface area contributed by atoms with Gasteiger partial charge < -0.3 is 38.3 Å². The molecule has 0 radical (unpaired) electrons. The molecule has 0 atom stereocenters. The Morgan fingerprint density at radius 2 is 1.40 bits per heavy atom. The van der Waals surface area contributed by atoms with Gasteiger partial charge in [-0.15, -0.1) is 0 Å². The number of rotatable bonds is 17. The second-order valence-corrected chi connectivity index (χ2v) is 12.3. The van der Waals surface area contributed by atoms with Gasteiger partial charge in [0.15, 0.2) is 35.7 Å². The summed E-state index contributed by atoms with van der Waals surface area (Å²) in [6, 6.07) is 9.85. The number of benzene rings is 2. The number of carbonyl (C=O) groups excluding carboxylic acids is 3. The lowest BCUT2D eigenvalue weighted by Crippen LogP contribution is -2.40. The summed E-state index contributed by atoms with van der Waals surface area (Å²) in [5.41, 5.74) is 3.26. The smallest absolute Gasteiger partial charge is 0.415 e. The number of aryl methyl sites for hydroxylation is 2. The van der Waals surface area contributed by atoms with Crippen molar-refractivity contribution in [1.29, 1.82) is 0 Å². The number of amides is 2. The molecule has 1 aromatic heterocycles. The zero-order chi connectivity index (χ0) is 34.6. The molecule has 0 saturated heterocycles. The Morgan fingerprint density at radius 3 is 2.06 bits per heavy atom. The number of nitrogens with zero attached hydrogens (tertiary/aromatic N) is 3. The lowest BCUT2D eigenvalue weighted by Gasteiger charge is -2.22. The Morgan fingerprint density at radius 1 is 0.771 bits per heavy atom. The van der Waals surface area contributed by atoms with Crippen molar-refractivity contribution in [3.8, 4) is 34.3 Å². The number of ketones is 1. The number of fused-ring (bicyclic) bond motifs is 4. The third kappa shape index (κ3) is 9.29. The highest BCUT2D eigenvalue weighted by molar-refractivity contribution is 5.93. The maximum absolute atomic E-state index is 13.2. The molecule has 1 aliphatic rings. The van der Waals surface area contributed by atoms with Crippen molar-refractivity contribution >= 4 is 28.7 Å². The second-order valence-electron chi connectivity index (χ2n) is 12.3. The average Bonchev–Trinajstić information content (AvgIpc) is 3.09. The number of unbranched alkanes of at least 4 members (excludes halogenated alkanes) is 6. The zero-order valence-electron chi connectivity index (χ0n) is 29.3. The van der Waals surface area contributed by atoms with Crippen LogP contribution >= 0.6 is 0 Å². The first-order valence-corrected chi connectivity index (χ1v) is 16.8. The molecular formula is C37H50N3O8+. The molecule has 2 aromatic carbocycles. The molecule has 2 heterocycles. The number of ether oxygens (including phenoxy) is 5. The van der Waals surface area contributed by atoms with Crippen LogP contribution in [0.15, 0.2) is 36.5 Å². The molecule has 0 fully saturated rings. The van der Waals surface area contributed by atoms with E-state index in [0.29, 0.717) is 36.0 Å². The van der Waals surface area contributed by atoms with E-state index in [2.05, 4.69) is 10.6 Å². The van der Waals surface area contributed by atoms with Gasteiger partial charge in [-0.25, -0.2) is 9.59 Å². The molecule has 0 aliphatic carbocycles. The normalized spacial score (nSPS) is 11.7. The Balaban J connectivity index is 1.31. The third-order valence-corrected chi connectivity index (χ3v) is 8.79. The quantitative estimate of drug-likeness (QED) is 0.118. The van der Waals surface area contributed by atoms with Gasteiger partial charge in [-0.1, -0.05) is 32.1 Å². The predicted molar refractivity (Wildman–Crippen MR) is 183 cm³/mol. The molecule has 0 unspecified atom stereocenters. The van der Waals surface area contributed by atoms with Crippen molar-refractivity contribution in [1.82, 2.24) is 9.80 Å². The Kier molecular flexibility index (Phi) is 13.3. The Bertz CT molecular complexity index is 1590. The van der Waals surface area contributed by atoms with Crippen LogP contribution in [-0.2, 0) is 22.5 Å². The van der Waals surface area contributed by atoms with Crippen molar-refractivity contribution in [2.75, 3.05) is 55.1 Å². The topological polar surface area (TPSA) is 108 Å². The van der Waals surface area contributed by atoms with Crippen molar-refractivity contribution in [3.63, 3.8) is 0 Å². The van der Waals surface area contributed by atoms with Gasteiger partial charge in [-0.2, -0.15) is 4.57 Å². The number of Topliss-reactive ketones (excluding diaryl/α,β-unsaturated/α-hetero) is 1. The molecule has 0 spiro atoms. The SMILES string of the molecule is COc1cc2c(cc1OC)-c1cc3ccc(OC)c(OC(=O)N(C)CCN(C)C(=O)OCCCCCCCCCC(C)=O)c3c[n+]1CC2. The minimum atomic E-state index is -0.561. The summed E-state index contributed by atoms with van der Waals surface area (Å²) < 4.78 is 30.2. The van der Waals surface area contributed by atoms with E-state index in [9.17, 15) is 14.4 Å². The Hall–Kier alpha value is -4.54. The highest BCUT2D eigenvalue weighted by Crippen LogP contribution is 2.40. The predicted octanol–water partition coefficient (Wildman–Crippen LogP) is 6.59. The van der Waals surface area contributed by atoms with Crippen LogP contribution in [0.1, 0.15) is 63.9 Å². The van der Waals surface area contributed by atoms with Crippen molar-refractivity contribution < 1.29 is 42.6 Å². The number of aromatic nitrogens is 1. The first kappa shape index (κ1) is 36.3. The number of hydrogen-bond acceptors (Lipinski definition) is 8. The molecule has 2 amide bonds. The lowest BCUT2D eigenvalue weighted by atomic mass is 9.95. The summed E-state index contributed by atoms with van der Waals surface area (Å²) in [7, 11) is 8.09. The minimum absolute atomic E-state index is 0.254. The summed E-state index contributed by atoms with van der Waals surface area (Å²) >= 11 is 0. The lowest BCUT2D eigenvalue weighted by molar-refractivity contribution is -0.686. The molecule has 1 aliphatic heterocycles. The molecule has 0 bridgehead atoms. The molecule has 11 nitrogen and oxygen atoms in total.